The zero-order valence-corrected chi connectivity index (χ0v) is 17.8. The maximum Gasteiger partial charge on any atom is 0.231 e. The van der Waals surface area contributed by atoms with E-state index in [4.69, 9.17) is 14.5 Å². The number of nitrogens with zero attached hydrogens (tertiary/aromatic N) is 2. The second-order valence-electron chi connectivity index (χ2n) is 7.95. The summed E-state index contributed by atoms with van der Waals surface area (Å²) in [4.78, 5) is 18.2. The second-order valence-corrected chi connectivity index (χ2v) is 7.95. The third-order valence-electron chi connectivity index (χ3n) is 5.98. The standard InChI is InChI=1S/C28H16N2O4/c29-14-21-22(11-7-16-5-9-18(31)10-6-16)30-27-19-3-1-2-4-20(19)28(32)26(27)25(21)17-8-12-23-24(13-17)34-15-33-23/h1-13,31H,15H2/b11-7+. The number of ketones is 1. The van der Waals surface area contributed by atoms with E-state index in [0.29, 0.717) is 50.7 Å². The minimum atomic E-state index is -0.156. The second kappa shape index (κ2) is 7.61. The Balaban J connectivity index is 1.61. The van der Waals surface area contributed by atoms with Crippen molar-refractivity contribution in [2.45, 2.75) is 0 Å². The van der Waals surface area contributed by atoms with E-state index < -0.39 is 0 Å². The van der Waals surface area contributed by atoms with Crippen LogP contribution in [0.1, 0.15) is 32.7 Å². The Morgan fingerprint density at radius 2 is 1.68 bits per heavy atom. The van der Waals surface area contributed by atoms with Crippen molar-refractivity contribution >= 4 is 17.9 Å². The van der Waals surface area contributed by atoms with Crippen molar-refractivity contribution in [3.8, 4) is 45.7 Å². The Morgan fingerprint density at radius 3 is 2.47 bits per heavy atom. The lowest BCUT2D eigenvalue weighted by Crippen LogP contribution is -2.04. The van der Waals surface area contributed by atoms with Crippen LogP contribution in [0, 0.1) is 11.3 Å². The van der Waals surface area contributed by atoms with Gasteiger partial charge in [-0.3, -0.25) is 4.79 Å². The molecule has 0 saturated carbocycles. The van der Waals surface area contributed by atoms with E-state index >= 15 is 0 Å². The van der Waals surface area contributed by atoms with Crippen LogP contribution in [0.4, 0.5) is 0 Å². The molecule has 0 bridgehead atoms. The number of phenolic OH excluding ortho intramolecular Hbond substituents is 1. The maximum atomic E-state index is 13.5. The lowest BCUT2D eigenvalue weighted by molar-refractivity contribution is 0.104. The summed E-state index contributed by atoms with van der Waals surface area (Å²) >= 11 is 0. The van der Waals surface area contributed by atoms with E-state index in [1.165, 1.54) is 0 Å². The third kappa shape index (κ3) is 3.03. The fraction of sp³-hybridized carbons (Fsp3) is 0.0357. The molecule has 6 nitrogen and oxygen atoms in total. The van der Waals surface area contributed by atoms with E-state index in [1.807, 2.05) is 30.3 Å². The van der Waals surface area contributed by atoms with E-state index in [9.17, 15) is 15.2 Å². The summed E-state index contributed by atoms with van der Waals surface area (Å²) in [7, 11) is 0. The lowest BCUT2D eigenvalue weighted by atomic mass is 9.91. The average molecular weight is 444 g/mol. The predicted molar refractivity (Wildman–Crippen MR) is 126 cm³/mol. The monoisotopic (exact) mass is 444 g/mol. The van der Waals surface area contributed by atoms with E-state index in [-0.39, 0.29) is 18.3 Å². The van der Waals surface area contributed by atoms with Crippen LogP contribution in [0.3, 0.4) is 0 Å². The average Bonchev–Trinajstić information content (AvgIpc) is 3.45. The number of ether oxygens (including phenoxy) is 2. The molecule has 4 aromatic rings. The summed E-state index contributed by atoms with van der Waals surface area (Å²) in [5, 5.41) is 19.7. The van der Waals surface area contributed by atoms with Gasteiger partial charge in [0.2, 0.25) is 6.79 Å². The van der Waals surface area contributed by atoms with Crippen LogP contribution in [-0.4, -0.2) is 22.7 Å². The normalized spacial score (nSPS) is 13.1. The van der Waals surface area contributed by atoms with Crippen molar-refractivity contribution in [1.29, 1.82) is 5.26 Å². The van der Waals surface area contributed by atoms with Crippen molar-refractivity contribution in [3.63, 3.8) is 0 Å². The predicted octanol–water partition coefficient (Wildman–Crippen LogP) is 5.44. The zero-order chi connectivity index (χ0) is 23.2. The number of carbonyl (C=O) groups excluding carboxylic acids is 1. The largest absolute Gasteiger partial charge is 0.508 e. The molecule has 3 aromatic carbocycles. The molecule has 0 atom stereocenters. The van der Waals surface area contributed by atoms with Crippen molar-refractivity contribution < 1.29 is 19.4 Å². The van der Waals surface area contributed by atoms with Gasteiger partial charge >= 0.3 is 0 Å². The molecule has 2 aliphatic rings. The summed E-state index contributed by atoms with van der Waals surface area (Å²) in [6, 6.07) is 21.7. The Morgan fingerprint density at radius 1 is 0.912 bits per heavy atom. The number of phenols is 1. The molecule has 0 unspecified atom stereocenters. The first-order chi connectivity index (χ1) is 16.6. The highest BCUT2D eigenvalue weighted by Crippen LogP contribution is 2.45. The van der Waals surface area contributed by atoms with Crippen LogP contribution in [0.25, 0.3) is 34.5 Å². The topological polar surface area (TPSA) is 92.4 Å². The Kier molecular flexibility index (Phi) is 4.42. The Hall–Kier alpha value is -4.89. The molecule has 0 spiro atoms. The number of hydrogen-bond donors (Lipinski definition) is 1. The molecule has 0 saturated heterocycles. The van der Waals surface area contributed by atoms with Crippen molar-refractivity contribution in [1.82, 2.24) is 4.98 Å². The van der Waals surface area contributed by atoms with Crippen LogP contribution in [0.5, 0.6) is 17.2 Å². The van der Waals surface area contributed by atoms with Gasteiger partial charge in [0.25, 0.3) is 0 Å². The molecule has 0 amide bonds. The smallest absolute Gasteiger partial charge is 0.231 e. The highest BCUT2D eigenvalue weighted by Gasteiger charge is 2.34. The van der Waals surface area contributed by atoms with Crippen LogP contribution in [0.2, 0.25) is 0 Å². The molecule has 6 heteroatoms. The van der Waals surface area contributed by atoms with Crippen LogP contribution in [0.15, 0.2) is 66.7 Å². The fourth-order valence-electron chi connectivity index (χ4n) is 4.38. The number of aromatic hydroxyl groups is 1. The van der Waals surface area contributed by atoms with Gasteiger partial charge in [-0.25, -0.2) is 4.98 Å². The van der Waals surface area contributed by atoms with Gasteiger partial charge in [-0.1, -0.05) is 48.5 Å². The zero-order valence-electron chi connectivity index (χ0n) is 17.8. The van der Waals surface area contributed by atoms with Crippen molar-refractivity contribution in [3.05, 3.63) is 94.7 Å². The van der Waals surface area contributed by atoms with E-state index in [2.05, 4.69) is 6.07 Å². The van der Waals surface area contributed by atoms with Gasteiger partial charge < -0.3 is 14.6 Å². The summed E-state index contributed by atoms with van der Waals surface area (Å²) in [6.45, 7) is 0.128. The minimum absolute atomic E-state index is 0.128. The minimum Gasteiger partial charge on any atom is -0.508 e. The van der Waals surface area contributed by atoms with Gasteiger partial charge in [0.05, 0.1) is 22.5 Å². The van der Waals surface area contributed by atoms with Gasteiger partial charge in [-0.15, -0.1) is 0 Å². The number of aromatic nitrogens is 1. The fourth-order valence-corrected chi connectivity index (χ4v) is 4.38. The molecular formula is C28H16N2O4. The number of benzene rings is 3. The van der Waals surface area contributed by atoms with Gasteiger partial charge in [0, 0.05) is 16.7 Å². The first kappa shape index (κ1) is 19.8. The summed E-state index contributed by atoms with van der Waals surface area (Å²) < 4.78 is 11.0. The van der Waals surface area contributed by atoms with Crippen molar-refractivity contribution in [2.75, 3.05) is 6.79 Å². The first-order valence-corrected chi connectivity index (χ1v) is 10.6. The van der Waals surface area contributed by atoms with E-state index in [1.54, 1.807) is 48.5 Å². The van der Waals surface area contributed by atoms with Gasteiger partial charge in [-0.2, -0.15) is 5.26 Å². The Labute approximate surface area is 195 Å². The number of fused-ring (bicyclic) bond motifs is 4. The molecule has 1 aliphatic heterocycles. The summed E-state index contributed by atoms with van der Waals surface area (Å²) in [5.41, 5.74) is 5.07. The number of rotatable bonds is 3. The molecule has 1 aromatic heterocycles. The third-order valence-corrected chi connectivity index (χ3v) is 5.98. The maximum absolute atomic E-state index is 13.5. The summed E-state index contributed by atoms with van der Waals surface area (Å²) in [5.74, 6) is 1.20. The number of nitriles is 1. The molecule has 2 heterocycles. The van der Waals surface area contributed by atoms with Gasteiger partial charge in [0.15, 0.2) is 17.3 Å². The molecule has 1 aliphatic carbocycles. The first-order valence-electron chi connectivity index (χ1n) is 10.6. The number of pyridine rings is 1. The Bertz CT molecular complexity index is 1560. The van der Waals surface area contributed by atoms with Crippen LogP contribution >= 0.6 is 0 Å². The molecule has 0 radical (unpaired) electrons. The highest BCUT2D eigenvalue weighted by molar-refractivity contribution is 6.24. The van der Waals surface area contributed by atoms with Crippen LogP contribution in [-0.2, 0) is 0 Å². The summed E-state index contributed by atoms with van der Waals surface area (Å²) in [6.07, 6.45) is 3.58. The SMILES string of the molecule is N#Cc1c(/C=C/c2ccc(O)cc2)nc2c(c1-c1ccc3c(c1)OCO3)C(=O)c1ccccc1-2. The van der Waals surface area contributed by atoms with E-state index in [0.717, 1.165) is 11.1 Å². The number of carbonyl (C=O) groups is 1. The molecule has 0 fully saturated rings. The highest BCUT2D eigenvalue weighted by atomic mass is 16.7. The van der Waals surface area contributed by atoms with Crippen molar-refractivity contribution in [2.24, 2.45) is 0 Å². The van der Waals surface area contributed by atoms with Gasteiger partial charge in [0.1, 0.15) is 11.8 Å². The number of hydrogen-bond acceptors (Lipinski definition) is 6. The molecule has 6 rings (SSSR count). The molecular weight excluding hydrogens is 428 g/mol. The molecule has 34 heavy (non-hydrogen) atoms. The van der Waals surface area contributed by atoms with Gasteiger partial charge in [-0.05, 0) is 41.5 Å². The lowest BCUT2D eigenvalue weighted by Gasteiger charge is -2.13. The van der Waals surface area contributed by atoms with Crippen LogP contribution < -0.4 is 9.47 Å². The quantitative estimate of drug-likeness (QED) is 0.399. The molecule has 162 valence electrons. The molecule has 1 N–H and O–H groups in total.